The highest BCUT2D eigenvalue weighted by Crippen LogP contribution is 2.30. The third-order valence-corrected chi connectivity index (χ3v) is 4.53. The first kappa shape index (κ1) is 19.1. The average molecular weight is 389 g/mol. The van der Waals surface area contributed by atoms with Crippen molar-refractivity contribution >= 4 is 24.1 Å². The molecule has 2 aromatic heterocycles. The zero-order valence-corrected chi connectivity index (χ0v) is 15.7. The molecule has 8 nitrogen and oxygen atoms in total. The van der Waals surface area contributed by atoms with E-state index in [4.69, 9.17) is 4.74 Å². The fraction of sp³-hybridized carbons (Fsp3) is 0.333. The van der Waals surface area contributed by atoms with Crippen molar-refractivity contribution in [1.82, 2.24) is 29.8 Å². The number of carbonyl (C=O) groups excluding carboxylic acids is 1. The summed E-state index contributed by atoms with van der Waals surface area (Å²) in [5.41, 5.74) is 1.00. The monoisotopic (exact) mass is 388 g/mol. The molecule has 0 bridgehead atoms. The molecule has 1 N–H and O–H groups in total. The summed E-state index contributed by atoms with van der Waals surface area (Å²) in [6, 6.07) is 9.51. The number of ether oxygens (including phenoxy) is 1. The molecule has 27 heavy (non-hydrogen) atoms. The lowest BCUT2D eigenvalue weighted by atomic mass is 10.0. The Morgan fingerprint density at radius 2 is 2.19 bits per heavy atom. The summed E-state index contributed by atoms with van der Waals surface area (Å²) in [7, 11) is 1.65. The van der Waals surface area contributed by atoms with E-state index in [2.05, 4.69) is 20.4 Å². The van der Waals surface area contributed by atoms with Crippen molar-refractivity contribution in [2.45, 2.75) is 12.5 Å². The van der Waals surface area contributed by atoms with Gasteiger partial charge < -0.3 is 15.0 Å². The summed E-state index contributed by atoms with van der Waals surface area (Å²) in [6.07, 6.45) is 3.57. The van der Waals surface area contributed by atoms with Gasteiger partial charge in [-0.3, -0.25) is 4.79 Å². The molecule has 1 saturated heterocycles. The van der Waals surface area contributed by atoms with E-state index in [0.29, 0.717) is 24.7 Å². The number of methoxy groups -OCH3 is 1. The average Bonchev–Trinajstić information content (AvgIpc) is 3.10. The molecule has 1 unspecified atom stereocenters. The SMILES string of the molecule is COc1ccccc1C1CNCCN1C(=O)Cc1nc2ncccn2n1.Cl. The van der Waals surface area contributed by atoms with E-state index in [1.165, 1.54) is 0 Å². The normalized spacial score (nSPS) is 16.8. The van der Waals surface area contributed by atoms with Crippen LogP contribution in [0.15, 0.2) is 42.7 Å². The number of nitrogens with zero attached hydrogens (tertiary/aromatic N) is 5. The second kappa shape index (κ2) is 8.32. The van der Waals surface area contributed by atoms with Gasteiger partial charge in [0.15, 0.2) is 5.82 Å². The number of carbonyl (C=O) groups is 1. The van der Waals surface area contributed by atoms with Gasteiger partial charge in [0, 0.05) is 37.6 Å². The van der Waals surface area contributed by atoms with E-state index in [0.717, 1.165) is 17.9 Å². The Hall–Kier alpha value is -2.71. The Kier molecular flexibility index (Phi) is 5.88. The Morgan fingerprint density at radius 3 is 3.00 bits per heavy atom. The van der Waals surface area contributed by atoms with Gasteiger partial charge in [-0.05, 0) is 12.1 Å². The molecule has 0 spiro atoms. The van der Waals surface area contributed by atoms with Crippen LogP contribution in [-0.4, -0.2) is 57.1 Å². The highest BCUT2D eigenvalue weighted by molar-refractivity contribution is 5.85. The van der Waals surface area contributed by atoms with Gasteiger partial charge >= 0.3 is 0 Å². The quantitative estimate of drug-likeness (QED) is 0.724. The van der Waals surface area contributed by atoms with Gasteiger partial charge in [-0.1, -0.05) is 18.2 Å². The molecule has 3 aromatic rings. The Balaban J connectivity index is 0.00000210. The van der Waals surface area contributed by atoms with Crippen LogP contribution in [0.2, 0.25) is 0 Å². The lowest BCUT2D eigenvalue weighted by molar-refractivity contribution is -0.134. The number of rotatable bonds is 4. The van der Waals surface area contributed by atoms with Crippen LogP contribution in [0.3, 0.4) is 0 Å². The van der Waals surface area contributed by atoms with Gasteiger partial charge in [0.05, 0.1) is 19.6 Å². The topological polar surface area (TPSA) is 84.6 Å². The number of piperazine rings is 1. The maximum Gasteiger partial charge on any atom is 0.252 e. The van der Waals surface area contributed by atoms with Crippen LogP contribution in [-0.2, 0) is 11.2 Å². The number of benzene rings is 1. The van der Waals surface area contributed by atoms with Crippen LogP contribution in [0.4, 0.5) is 0 Å². The number of fused-ring (bicyclic) bond motifs is 1. The van der Waals surface area contributed by atoms with Crippen molar-refractivity contribution in [2.24, 2.45) is 0 Å². The zero-order chi connectivity index (χ0) is 17.9. The van der Waals surface area contributed by atoms with Crippen LogP contribution in [0, 0.1) is 0 Å². The predicted molar refractivity (Wildman–Crippen MR) is 102 cm³/mol. The molecule has 1 atom stereocenters. The molecule has 0 saturated carbocycles. The molecular weight excluding hydrogens is 368 g/mol. The van der Waals surface area contributed by atoms with Crippen LogP contribution in [0.5, 0.6) is 5.75 Å². The largest absolute Gasteiger partial charge is 0.496 e. The zero-order valence-electron chi connectivity index (χ0n) is 14.9. The Morgan fingerprint density at radius 1 is 1.33 bits per heavy atom. The van der Waals surface area contributed by atoms with Crippen molar-refractivity contribution in [3.8, 4) is 5.75 Å². The molecule has 3 heterocycles. The first-order valence-electron chi connectivity index (χ1n) is 8.55. The van der Waals surface area contributed by atoms with Crippen LogP contribution < -0.4 is 10.1 Å². The number of hydrogen-bond donors (Lipinski definition) is 1. The summed E-state index contributed by atoms with van der Waals surface area (Å²) < 4.78 is 7.06. The van der Waals surface area contributed by atoms with Crippen LogP contribution in [0.25, 0.3) is 5.78 Å². The molecule has 0 aliphatic carbocycles. The van der Waals surface area contributed by atoms with E-state index >= 15 is 0 Å². The minimum atomic E-state index is -0.0810. The lowest BCUT2D eigenvalue weighted by Crippen LogP contribution is -2.49. The smallest absolute Gasteiger partial charge is 0.252 e. The van der Waals surface area contributed by atoms with Crippen molar-refractivity contribution < 1.29 is 9.53 Å². The van der Waals surface area contributed by atoms with Crippen molar-refractivity contribution in [3.05, 3.63) is 54.1 Å². The van der Waals surface area contributed by atoms with E-state index in [-0.39, 0.29) is 30.8 Å². The maximum absolute atomic E-state index is 13.0. The minimum Gasteiger partial charge on any atom is -0.496 e. The lowest BCUT2D eigenvalue weighted by Gasteiger charge is -2.37. The Labute approximate surface area is 163 Å². The third kappa shape index (κ3) is 3.86. The number of amides is 1. The van der Waals surface area contributed by atoms with Crippen molar-refractivity contribution in [2.75, 3.05) is 26.7 Å². The molecule has 1 amide bonds. The molecular formula is C18H21ClN6O2. The minimum absolute atomic E-state index is 0. The fourth-order valence-corrected chi connectivity index (χ4v) is 3.31. The molecule has 1 aliphatic rings. The predicted octanol–water partition coefficient (Wildman–Crippen LogP) is 1.27. The molecule has 1 fully saturated rings. The maximum atomic E-state index is 13.0. The second-order valence-electron chi connectivity index (χ2n) is 6.12. The molecule has 0 radical (unpaired) electrons. The van der Waals surface area contributed by atoms with Gasteiger partial charge in [-0.15, -0.1) is 17.5 Å². The Bertz CT molecular complexity index is 898. The number of nitrogens with one attached hydrogen (secondary N) is 1. The van der Waals surface area contributed by atoms with Gasteiger partial charge in [0.25, 0.3) is 5.78 Å². The molecule has 142 valence electrons. The standard InChI is InChI=1S/C18H20N6O2.ClH/c1-26-15-6-3-2-5-13(15)14-12-19-8-10-23(14)17(25)11-16-21-18-20-7-4-9-24(18)22-16;/h2-7,9,14,19H,8,10-12H2,1H3;1H. The van der Waals surface area contributed by atoms with E-state index < -0.39 is 0 Å². The summed E-state index contributed by atoms with van der Waals surface area (Å²) in [6.45, 7) is 2.08. The summed E-state index contributed by atoms with van der Waals surface area (Å²) in [5, 5.41) is 7.69. The summed E-state index contributed by atoms with van der Waals surface area (Å²) >= 11 is 0. The number of hydrogen-bond acceptors (Lipinski definition) is 6. The molecule has 1 aliphatic heterocycles. The molecule has 4 rings (SSSR count). The highest BCUT2D eigenvalue weighted by Gasteiger charge is 2.30. The van der Waals surface area contributed by atoms with Crippen LogP contribution >= 0.6 is 12.4 Å². The van der Waals surface area contributed by atoms with Crippen molar-refractivity contribution in [1.29, 1.82) is 0 Å². The number of halogens is 1. The second-order valence-corrected chi connectivity index (χ2v) is 6.12. The fourth-order valence-electron chi connectivity index (χ4n) is 3.31. The highest BCUT2D eigenvalue weighted by atomic mass is 35.5. The van der Waals surface area contributed by atoms with E-state index in [1.54, 1.807) is 30.1 Å². The van der Waals surface area contributed by atoms with Gasteiger partial charge in [-0.25, -0.2) is 9.50 Å². The first-order valence-corrected chi connectivity index (χ1v) is 8.55. The van der Waals surface area contributed by atoms with E-state index in [1.807, 2.05) is 29.2 Å². The van der Waals surface area contributed by atoms with Crippen LogP contribution in [0.1, 0.15) is 17.4 Å². The molecule has 9 heteroatoms. The van der Waals surface area contributed by atoms with Gasteiger partial charge in [-0.2, -0.15) is 4.98 Å². The third-order valence-electron chi connectivity index (χ3n) is 4.53. The summed E-state index contributed by atoms with van der Waals surface area (Å²) in [4.78, 5) is 23.3. The number of aromatic nitrogens is 4. The van der Waals surface area contributed by atoms with Gasteiger partial charge in [0.1, 0.15) is 5.75 Å². The van der Waals surface area contributed by atoms with E-state index in [9.17, 15) is 4.79 Å². The summed E-state index contributed by atoms with van der Waals surface area (Å²) in [5.74, 6) is 1.76. The van der Waals surface area contributed by atoms with Crippen molar-refractivity contribution in [3.63, 3.8) is 0 Å². The number of para-hydroxylation sites is 1. The van der Waals surface area contributed by atoms with Gasteiger partial charge in [0.2, 0.25) is 5.91 Å². The first-order chi connectivity index (χ1) is 12.8. The molecule has 1 aromatic carbocycles.